The van der Waals surface area contributed by atoms with Crippen molar-refractivity contribution in [2.75, 3.05) is 40.3 Å². The van der Waals surface area contributed by atoms with Crippen LogP contribution in [0.2, 0.25) is 0 Å². The van der Waals surface area contributed by atoms with E-state index in [4.69, 9.17) is 4.74 Å². The van der Waals surface area contributed by atoms with Gasteiger partial charge in [0.15, 0.2) is 5.96 Å². The highest BCUT2D eigenvalue weighted by Gasteiger charge is 2.28. The summed E-state index contributed by atoms with van der Waals surface area (Å²) in [6.07, 6.45) is 3.21. The number of aliphatic imine (C=N–C) groups is 1. The molecule has 1 aliphatic rings. The topological polar surface area (TPSA) is 86.3 Å². The first-order chi connectivity index (χ1) is 12.1. The van der Waals surface area contributed by atoms with E-state index < -0.39 is 5.60 Å². The minimum absolute atomic E-state index is 0.0433. The number of likely N-dealkylation sites (N-methyl/N-ethyl adjacent to an activating group) is 1. The summed E-state index contributed by atoms with van der Waals surface area (Å²) >= 11 is 0. The number of hydrogen-bond acceptors (Lipinski definition) is 4. The van der Waals surface area contributed by atoms with Crippen molar-refractivity contribution in [1.82, 2.24) is 20.4 Å². The second-order valence-corrected chi connectivity index (χ2v) is 7.53. The molecule has 8 nitrogen and oxygen atoms in total. The van der Waals surface area contributed by atoms with E-state index in [1.54, 1.807) is 25.1 Å². The van der Waals surface area contributed by atoms with Gasteiger partial charge in [0.05, 0.1) is 0 Å². The van der Waals surface area contributed by atoms with Crippen LogP contribution in [0.3, 0.4) is 0 Å². The largest absolute Gasteiger partial charge is 0.444 e. The molecule has 0 aromatic carbocycles. The number of nitrogens with zero attached hydrogens (tertiary/aromatic N) is 3. The fraction of sp³-hybridized carbons (Fsp3) is 0.722. The highest BCUT2D eigenvalue weighted by Crippen LogP contribution is 2.15. The molecule has 2 amide bonds. The van der Waals surface area contributed by atoms with Gasteiger partial charge >= 0.3 is 6.09 Å². The van der Waals surface area contributed by atoms with Gasteiger partial charge in [-0.1, -0.05) is 6.08 Å². The van der Waals surface area contributed by atoms with Gasteiger partial charge in [-0.15, -0.1) is 6.58 Å². The van der Waals surface area contributed by atoms with Gasteiger partial charge in [-0.3, -0.25) is 4.79 Å². The van der Waals surface area contributed by atoms with Gasteiger partial charge in [0, 0.05) is 39.8 Å². The molecule has 1 heterocycles. The van der Waals surface area contributed by atoms with Crippen LogP contribution in [0.5, 0.6) is 0 Å². The van der Waals surface area contributed by atoms with Crippen LogP contribution in [0.1, 0.15) is 33.6 Å². The van der Waals surface area contributed by atoms with Gasteiger partial charge in [0.25, 0.3) is 0 Å². The molecule has 2 N–H and O–H groups in total. The molecule has 1 rings (SSSR count). The molecule has 8 heteroatoms. The molecule has 1 unspecified atom stereocenters. The van der Waals surface area contributed by atoms with E-state index in [9.17, 15) is 9.59 Å². The van der Waals surface area contributed by atoms with E-state index >= 15 is 0 Å². The Balaban J connectivity index is 2.68. The normalized spacial score (nSPS) is 18.1. The lowest BCUT2D eigenvalue weighted by atomic mass is 10.1. The van der Waals surface area contributed by atoms with Crippen LogP contribution in [0, 0.1) is 0 Å². The fourth-order valence-corrected chi connectivity index (χ4v) is 2.39. The van der Waals surface area contributed by atoms with Crippen molar-refractivity contribution in [1.29, 1.82) is 0 Å². The summed E-state index contributed by atoms with van der Waals surface area (Å²) in [5, 5.41) is 6.41. The lowest BCUT2D eigenvalue weighted by Gasteiger charge is -2.35. The molecule has 148 valence electrons. The Morgan fingerprint density at radius 3 is 2.65 bits per heavy atom. The van der Waals surface area contributed by atoms with Crippen LogP contribution < -0.4 is 10.6 Å². The molecule has 1 fully saturated rings. The predicted molar refractivity (Wildman–Crippen MR) is 103 cm³/mol. The first-order valence-electron chi connectivity index (χ1n) is 8.96. The van der Waals surface area contributed by atoms with Crippen molar-refractivity contribution in [3.8, 4) is 0 Å². The summed E-state index contributed by atoms with van der Waals surface area (Å²) in [7, 11) is 3.39. The third-order valence-electron chi connectivity index (χ3n) is 3.70. The number of ether oxygens (including phenoxy) is 1. The SMILES string of the molecule is C=CCNC(=NCC(=O)N(C)C)NC1CCCN(C(=O)OC(C)(C)C)C1. The summed E-state index contributed by atoms with van der Waals surface area (Å²) in [4.78, 5) is 31.6. The Morgan fingerprint density at radius 1 is 1.38 bits per heavy atom. The predicted octanol–water partition coefficient (Wildman–Crippen LogP) is 1.20. The third kappa shape index (κ3) is 8.22. The van der Waals surface area contributed by atoms with Gasteiger partial charge in [-0.2, -0.15) is 0 Å². The number of piperidine rings is 1. The number of hydrogen-bond donors (Lipinski definition) is 2. The molecular weight excluding hydrogens is 334 g/mol. The molecule has 0 aromatic rings. The van der Waals surface area contributed by atoms with E-state index in [1.165, 1.54) is 4.90 Å². The fourth-order valence-electron chi connectivity index (χ4n) is 2.39. The van der Waals surface area contributed by atoms with Crippen LogP contribution in [0.25, 0.3) is 0 Å². The van der Waals surface area contributed by atoms with Crippen LogP contribution in [-0.4, -0.2) is 79.7 Å². The molecule has 1 atom stereocenters. The van der Waals surface area contributed by atoms with Crippen molar-refractivity contribution in [3.05, 3.63) is 12.7 Å². The summed E-state index contributed by atoms with van der Waals surface area (Å²) < 4.78 is 5.45. The van der Waals surface area contributed by atoms with E-state index in [2.05, 4.69) is 22.2 Å². The van der Waals surface area contributed by atoms with Gasteiger partial charge in [-0.25, -0.2) is 9.79 Å². The second-order valence-electron chi connectivity index (χ2n) is 7.53. The zero-order chi connectivity index (χ0) is 19.7. The minimum atomic E-state index is -0.512. The number of guanidine groups is 1. The Morgan fingerprint density at radius 2 is 2.08 bits per heavy atom. The van der Waals surface area contributed by atoms with Crippen LogP contribution in [-0.2, 0) is 9.53 Å². The maximum absolute atomic E-state index is 12.3. The first kappa shape index (κ1) is 21.8. The van der Waals surface area contributed by atoms with Gasteiger partial charge in [0.2, 0.25) is 5.91 Å². The number of likely N-dealkylation sites (tertiary alicyclic amines) is 1. The molecule has 0 aliphatic carbocycles. The monoisotopic (exact) mass is 367 g/mol. The summed E-state index contributed by atoms with van der Waals surface area (Å²) in [6, 6.07) is 0.0433. The number of amides is 2. The average molecular weight is 367 g/mol. The van der Waals surface area contributed by atoms with Crippen molar-refractivity contribution in [2.45, 2.75) is 45.3 Å². The van der Waals surface area contributed by atoms with Crippen molar-refractivity contribution in [2.24, 2.45) is 4.99 Å². The molecular formula is C18H33N5O3. The number of carbonyl (C=O) groups excluding carboxylic acids is 2. The summed E-state index contributed by atoms with van der Waals surface area (Å²) in [5.74, 6) is 0.458. The molecule has 0 aromatic heterocycles. The Labute approximate surface area is 156 Å². The second kappa shape index (κ2) is 10.0. The molecule has 0 radical (unpaired) electrons. The first-order valence-corrected chi connectivity index (χ1v) is 8.96. The Hall–Kier alpha value is -2.25. The number of rotatable bonds is 5. The zero-order valence-electron chi connectivity index (χ0n) is 16.7. The lowest BCUT2D eigenvalue weighted by Crippen LogP contribution is -2.53. The van der Waals surface area contributed by atoms with Gasteiger partial charge < -0.3 is 25.2 Å². The standard InChI is InChI=1S/C18H33N5O3/c1-7-10-19-16(20-12-15(24)22(5)6)21-14-9-8-11-23(13-14)17(25)26-18(2,3)4/h7,14H,1,8-13H2,2-6H3,(H2,19,20,21). The van der Waals surface area contributed by atoms with Crippen LogP contribution in [0.4, 0.5) is 4.79 Å². The van der Waals surface area contributed by atoms with Crippen molar-refractivity contribution >= 4 is 18.0 Å². The number of carbonyl (C=O) groups is 2. The zero-order valence-corrected chi connectivity index (χ0v) is 16.7. The van der Waals surface area contributed by atoms with E-state index in [1.807, 2.05) is 20.8 Å². The summed E-state index contributed by atoms with van der Waals surface area (Å²) in [6.45, 7) is 11.1. The molecule has 1 aliphatic heterocycles. The van der Waals surface area contributed by atoms with Gasteiger partial charge in [0.1, 0.15) is 12.1 Å². The van der Waals surface area contributed by atoms with Gasteiger partial charge in [-0.05, 0) is 33.6 Å². The molecule has 0 saturated carbocycles. The molecule has 0 spiro atoms. The lowest BCUT2D eigenvalue weighted by molar-refractivity contribution is -0.127. The maximum atomic E-state index is 12.3. The minimum Gasteiger partial charge on any atom is -0.444 e. The third-order valence-corrected chi connectivity index (χ3v) is 3.70. The van der Waals surface area contributed by atoms with Crippen molar-refractivity contribution < 1.29 is 14.3 Å². The molecule has 26 heavy (non-hydrogen) atoms. The molecule has 1 saturated heterocycles. The highest BCUT2D eigenvalue weighted by atomic mass is 16.6. The summed E-state index contributed by atoms with van der Waals surface area (Å²) in [5.41, 5.74) is -0.512. The van der Waals surface area contributed by atoms with E-state index in [0.717, 1.165) is 12.8 Å². The highest BCUT2D eigenvalue weighted by molar-refractivity contribution is 5.85. The van der Waals surface area contributed by atoms with E-state index in [0.29, 0.717) is 25.6 Å². The van der Waals surface area contributed by atoms with Crippen molar-refractivity contribution in [3.63, 3.8) is 0 Å². The Kier molecular flexibility index (Phi) is 8.41. The van der Waals surface area contributed by atoms with Crippen LogP contribution in [0.15, 0.2) is 17.6 Å². The maximum Gasteiger partial charge on any atom is 0.410 e. The number of nitrogens with one attached hydrogen (secondary N) is 2. The molecule has 0 bridgehead atoms. The van der Waals surface area contributed by atoms with E-state index in [-0.39, 0.29) is 24.6 Å². The average Bonchev–Trinajstić information content (AvgIpc) is 2.55. The smallest absolute Gasteiger partial charge is 0.410 e. The van der Waals surface area contributed by atoms with Crippen LogP contribution >= 0.6 is 0 Å². The quantitative estimate of drug-likeness (QED) is 0.433. The Bertz CT molecular complexity index is 525.